The predicted molar refractivity (Wildman–Crippen MR) is 96.2 cm³/mol. The molecule has 0 saturated heterocycles. The minimum absolute atomic E-state index is 0.0308. The molecule has 24 heavy (non-hydrogen) atoms. The lowest BCUT2D eigenvalue weighted by Crippen LogP contribution is -2.52. The highest BCUT2D eigenvalue weighted by molar-refractivity contribution is 7.07. The summed E-state index contributed by atoms with van der Waals surface area (Å²) in [5, 5.41) is 10.8. The molecule has 1 fully saturated rings. The number of aromatic nitrogens is 2. The highest BCUT2D eigenvalue weighted by Crippen LogP contribution is 2.32. The molecule has 2 N–H and O–H groups in total. The van der Waals surface area contributed by atoms with Crippen molar-refractivity contribution >= 4 is 17.4 Å². The summed E-state index contributed by atoms with van der Waals surface area (Å²) < 4.78 is 3.84. The van der Waals surface area contributed by atoms with Crippen LogP contribution in [0, 0.1) is 6.92 Å². The third-order valence-electron chi connectivity index (χ3n) is 4.83. The number of hydrogen-bond donors (Lipinski definition) is 2. The molecule has 1 aromatic heterocycles. The van der Waals surface area contributed by atoms with Gasteiger partial charge in [0.25, 0.3) is 5.91 Å². The fraction of sp³-hybridized carbons (Fsp3) is 0.500. The van der Waals surface area contributed by atoms with Gasteiger partial charge in [-0.05, 0) is 43.8 Å². The van der Waals surface area contributed by atoms with Gasteiger partial charge in [-0.3, -0.25) is 4.79 Å². The SMILES string of the molecule is Cc1nnsc1C(=O)NCC1(N[C@H](C)c2ccccc2)CCCC1. The topological polar surface area (TPSA) is 66.9 Å². The first-order chi connectivity index (χ1) is 11.6. The molecule has 1 heterocycles. The Balaban J connectivity index is 1.65. The number of carbonyl (C=O) groups excluding carboxylic acids is 1. The number of hydrogen-bond acceptors (Lipinski definition) is 5. The minimum atomic E-state index is -0.0667. The van der Waals surface area contributed by atoms with E-state index in [9.17, 15) is 4.79 Å². The van der Waals surface area contributed by atoms with Crippen LogP contribution in [0.15, 0.2) is 30.3 Å². The lowest BCUT2D eigenvalue weighted by molar-refractivity contribution is 0.0940. The van der Waals surface area contributed by atoms with E-state index in [1.807, 2.05) is 13.0 Å². The van der Waals surface area contributed by atoms with Gasteiger partial charge in [-0.15, -0.1) is 5.10 Å². The van der Waals surface area contributed by atoms with Crippen LogP contribution in [0.1, 0.15) is 59.6 Å². The third kappa shape index (κ3) is 3.82. The Kier molecular flexibility index (Phi) is 5.26. The lowest BCUT2D eigenvalue weighted by atomic mass is 9.94. The van der Waals surface area contributed by atoms with Crippen molar-refractivity contribution in [3.63, 3.8) is 0 Å². The number of aryl methyl sites for hydroxylation is 1. The van der Waals surface area contributed by atoms with Crippen LogP contribution in [0.25, 0.3) is 0 Å². The van der Waals surface area contributed by atoms with E-state index in [0.29, 0.717) is 17.1 Å². The molecule has 1 aliphatic rings. The van der Waals surface area contributed by atoms with Crippen LogP contribution in [-0.4, -0.2) is 27.6 Å². The van der Waals surface area contributed by atoms with E-state index in [1.54, 1.807) is 0 Å². The Labute approximate surface area is 147 Å². The van der Waals surface area contributed by atoms with Gasteiger partial charge in [0.2, 0.25) is 0 Å². The van der Waals surface area contributed by atoms with Gasteiger partial charge >= 0.3 is 0 Å². The molecule has 0 bridgehead atoms. The van der Waals surface area contributed by atoms with Crippen molar-refractivity contribution < 1.29 is 4.79 Å². The highest BCUT2D eigenvalue weighted by Gasteiger charge is 2.35. The van der Waals surface area contributed by atoms with Gasteiger partial charge in [-0.1, -0.05) is 47.7 Å². The van der Waals surface area contributed by atoms with Crippen molar-refractivity contribution in [2.75, 3.05) is 6.54 Å². The maximum absolute atomic E-state index is 12.4. The maximum Gasteiger partial charge on any atom is 0.265 e. The van der Waals surface area contributed by atoms with Crippen LogP contribution in [0.2, 0.25) is 0 Å². The van der Waals surface area contributed by atoms with Gasteiger partial charge in [0.05, 0.1) is 5.69 Å². The van der Waals surface area contributed by atoms with Gasteiger partial charge in [0, 0.05) is 18.1 Å². The molecule has 1 saturated carbocycles. The van der Waals surface area contributed by atoms with Gasteiger partial charge in [-0.25, -0.2) is 0 Å². The monoisotopic (exact) mass is 344 g/mol. The number of amides is 1. The molecule has 0 unspecified atom stereocenters. The second-order valence-corrected chi connectivity index (χ2v) is 7.39. The van der Waals surface area contributed by atoms with E-state index in [2.05, 4.69) is 51.4 Å². The second-order valence-electron chi connectivity index (χ2n) is 6.63. The quantitative estimate of drug-likeness (QED) is 0.844. The summed E-state index contributed by atoms with van der Waals surface area (Å²) in [5.74, 6) is -0.0667. The molecule has 1 amide bonds. The summed E-state index contributed by atoms with van der Waals surface area (Å²) in [4.78, 5) is 13.0. The van der Waals surface area contributed by atoms with Crippen LogP contribution < -0.4 is 10.6 Å². The molecule has 5 nitrogen and oxygen atoms in total. The summed E-state index contributed by atoms with van der Waals surface area (Å²) in [6.07, 6.45) is 4.58. The fourth-order valence-electron chi connectivity index (χ4n) is 3.48. The van der Waals surface area contributed by atoms with Crippen molar-refractivity contribution in [2.24, 2.45) is 0 Å². The number of benzene rings is 1. The van der Waals surface area contributed by atoms with Crippen molar-refractivity contribution in [2.45, 2.75) is 51.1 Å². The third-order valence-corrected chi connectivity index (χ3v) is 5.65. The largest absolute Gasteiger partial charge is 0.349 e. The molecule has 0 aliphatic heterocycles. The fourth-order valence-corrected chi connectivity index (χ4v) is 4.05. The normalized spacial score (nSPS) is 17.6. The zero-order valence-electron chi connectivity index (χ0n) is 14.2. The zero-order valence-corrected chi connectivity index (χ0v) is 15.0. The Morgan fingerprint density at radius 1 is 1.29 bits per heavy atom. The van der Waals surface area contributed by atoms with Crippen LogP contribution in [-0.2, 0) is 0 Å². The first-order valence-electron chi connectivity index (χ1n) is 8.49. The average Bonchev–Trinajstić information content (AvgIpc) is 3.23. The van der Waals surface area contributed by atoms with E-state index in [-0.39, 0.29) is 17.5 Å². The number of nitrogens with one attached hydrogen (secondary N) is 2. The molecule has 2 aromatic rings. The van der Waals surface area contributed by atoms with Crippen molar-refractivity contribution in [1.29, 1.82) is 0 Å². The maximum atomic E-state index is 12.4. The van der Waals surface area contributed by atoms with E-state index >= 15 is 0 Å². The first-order valence-corrected chi connectivity index (χ1v) is 9.27. The lowest BCUT2D eigenvalue weighted by Gasteiger charge is -2.34. The Bertz CT molecular complexity index is 679. The molecule has 3 rings (SSSR count). The smallest absolute Gasteiger partial charge is 0.265 e. The van der Waals surface area contributed by atoms with Gasteiger partial charge in [0.1, 0.15) is 4.88 Å². The summed E-state index contributed by atoms with van der Waals surface area (Å²) in [7, 11) is 0. The molecule has 0 radical (unpaired) electrons. The van der Waals surface area contributed by atoms with E-state index < -0.39 is 0 Å². The Morgan fingerprint density at radius 2 is 2.00 bits per heavy atom. The highest BCUT2D eigenvalue weighted by atomic mass is 32.1. The standard InChI is InChI=1S/C18H24N4OS/c1-13(15-8-4-3-5-9-15)20-18(10-6-7-11-18)12-19-17(23)16-14(2)21-22-24-16/h3-5,8-9,13,20H,6-7,10-12H2,1-2H3,(H,19,23)/t13-/m1/s1. The van der Waals surface area contributed by atoms with E-state index in [1.165, 1.54) is 18.4 Å². The number of nitrogens with zero attached hydrogens (tertiary/aromatic N) is 2. The molecular formula is C18H24N4OS. The molecule has 1 atom stereocenters. The van der Waals surface area contributed by atoms with Crippen molar-refractivity contribution in [1.82, 2.24) is 20.2 Å². The summed E-state index contributed by atoms with van der Waals surface area (Å²) in [6, 6.07) is 10.7. The number of carbonyl (C=O) groups is 1. The summed E-state index contributed by atoms with van der Waals surface area (Å²) in [6.45, 7) is 4.65. The van der Waals surface area contributed by atoms with Crippen LogP contribution >= 0.6 is 11.5 Å². The molecule has 128 valence electrons. The molecular weight excluding hydrogens is 320 g/mol. The minimum Gasteiger partial charge on any atom is -0.349 e. The van der Waals surface area contributed by atoms with Gasteiger partial charge in [0.15, 0.2) is 0 Å². The first kappa shape index (κ1) is 17.0. The van der Waals surface area contributed by atoms with Crippen LogP contribution in [0.3, 0.4) is 0 Å². The Hall–Kier alpha value is -1.79. The second kappa shape index (κ2) is 7.40. The van der Waals surface area contributed by atoms with E-state index in [0.717, 1.165) is 24.4 Å². The van der Waals surface area contributed by atoms with Gasteiger partial charge < -0.3 is 10.6 Å². The van der Waals surface area contributed by atoms with E-state index in [4.69, 9.17) is 0 Å². The molecule has 6 heteroatoms. The van der Waals surface area contributed by atoms with Crippen LogP contribution in [0.4, 0.5) is 0 Å². The zero-order chi connectivity index (χ0) is 17.0. The summed E-state index contributed by atoms with van der Waals surface area (Å²) in [5.41, 5.74) is 1.94. The molecule has 1 aliphatic carbocycles. The average molecular weight is 344 g/mol. The van der Waals surface area contributed by atoms with Gasteiger partial charge in [-0.2, -0.15) is 0 Å². The van der Waals surface area contributed by atoms with Crippen LogP contribution in [0.5, 0.6) is 0 Å². The van der Waals surface area contributed by atoms with Crippen molar-refractivity contribution in [3.8, 4) is 0 Å². The Morgan fingerprint density at radius 3 is 2.62 bits per heavy atom. The van der Waals surface area contributed by atoms with Crippen molar-refractivity contribution in [3.05, 3.63) is 46.5 Å². The number of rotatable bonds is 6. The molecule has 1 aromatic carbocycles. The molecule has 0 spiro atoms. The summed E-state index contributed by atoms with van der Waals surface area (Å²) >= 11 is 1.16. The predicted octanol–water partition coefficient (Wildman–Crippen LogP) is 3.24.